The van der Waals surface area contributed by atoms with Gasteiger partial charge in [0.25, 0.3) is 0 Å². The van der Waals surface area contributed by atoms with Crippen molar-refractivity contribution in [3.05, 3.63) is 53.9 Å². The van der Waals surface area contributed by atoms with Gasteiger partial charge in [-0.15, -0.1) is 0 Å². The number of nitrogens with one attached hydrogen (secondary N) is 1. The molecule has 0 radical (unpaired) electrons. The second-order valence-electron chi connectivity index (χ2n) is 5.77. The number of carbonyl (C=O) groups excluding carboxylic acids is 1. The zero-order valence-corrected chi connectivity index (χ0v) is 13.8. The van der Waals surface area contributed by atoms with E-state index < -0.39 is 11.9 Å². The van der Waals surface area contributed by atoms with Gasteiger partial charge in [0, 0.05) is 19.8 Å². The molecule has 2 aromatic rings. The highest BCUT2D eigenvalue weighted by Gasteiger charge is 2.17. The van der Waals surface area contributed by atoms with Crippen LogP contribution in [0, 0.1) is 5.92 Å². The van der Waals surface area contributed by atoms with E-state index in [9.17, 15) is 9.59 Å². The number of carboxylic acids is 1. The lowest BCUT2D eigenvalue weighted by Crippen LogP contribution is -2.40. The topological polar surface area (TPSA) is 87.5 Å². The van der Waals surface area contributed by atoms with Crippen molar-refractivity contribution < 1.29 is 14.7 Å². The van der Waals surface area contributed by atoms with Crippen LogP contribution in [0.4, 0.5) is 4.79 Å². The van der Waals surface area contributed by atoms with Crippen molar-refractivity contribution in [1.29, 1.82) is 0 Å². The van der Waals surface area contributed by atoms with Gasteiger partial charge < -0.3 is 15.3 Å². The molecule has 0 fully saturated rings. The summed E-state index contributed by atoms with van der Waals surface area (Å²) in [5.74, 6) is -1.53. The third-order valence-electron chi connectivity index (χ3n) is 3.62. The second-order valence-corrected chi connectivity index (χ2v) is 5.77. The Kier molecular flexibility index (Phi) is 5.95. The molecule has 0 saturated carbocycles. The van der Waals surface area contributed by atoms with Crippen LogP contribution in [0.1, 0.15) is 18.2 Å². The van der Waals surface area contributed by atoms with E-state index in [1.807, 2.05) is 47.3 Å². The molecule has 1 unspecified atom stereocenters. The molecule has 1 aromatic heterocycles. The van der Waals surface area contributed by atoms with E-state index in [4.69, 9.17) is 5.11 Å². The summed E-state index contributed by atoms with van der Waals surface area (Å²) in [5, 5.41) is 16.0. The predicted octanol–water partition coefficient (Wildman–Crippen LogP) is 1.79. The summed E-state index contributed by atoms with van der Waals surface area (Å²) in [4.78, 5) is 24.1. The third-order valence-corrected chi connectivity index (χ3v) is 3.62. The van der Waals surface area contributed by atoms with Crippen molar-refractivity contribution in [3.8, 4) is 0 Å². The van der Waals surface area contributed by atoms with Gasteiger partial charge in [-0.3, -0.25) is 9.48 Å². The number of nitrogens with zero attached hydrogens (tertiary/aromatic N) is 3. The van der Waals surface area contributed by atoms with Crippen molar-refractivity contribution in [2.75, 3.05) is 13.6 Å². The van der Waals surface area contributed by atoms with Crippen molar-refractivity contribution in [3.63, 3.8) is 0 Å². The van der Waals surface area contributed by atoms with Gasteiger partial charge in [0.15, 0.2) is 0 Å². The summed E-state index contributed by atoms with van der Waals surface area (Å²) in [6.07, 6.45) is 1.87. The second kappa shape index (κ2) is 8.14. The molecule has 1 atom stereocenters. The molecule has 0 bridgehead atoms. The largest absolute Gasteiger partial charge is 0.481 e. The fraction of sp³-hybridized carbons (Fsp3) is 0.353. The highest BCUT2D eigenvalue weighted by molar-refractivity contribution is 5.75. The molecule has 7 nitrogen and oxygen atoms in total. The Morgan fingerprint density at radius 2 is 2.00 bits per heavy atom. The monoisotopic (exact) mass is 330 g/mol. The molecule has 128 valence electrons. The fourth-order valence-electron chi connectivity index (χ4n) is 2.23. The van der Waals surface area contributed by atoms with Gasteiger partial charge in [-0.2, -0.15) is 5.10 Å². The molecule has 2 N–H and O–H groups in total. The molecule has 1 aromatic carbocycles. The first-order valence-electron chi connectivity index (χ1n) is 7.73. The van der Waals surface area contributed by atoms with Gasteiger partial charge in [-0.05, 0) is 11.6 Å². The number of aliphatic carboxylic acids is 1. The van der Waals surface area contributed by atoms with Crippen molar-refractivity contribution >= 4 is 12.0 Å². The molecule has 0 spiro atoms. The summed E-state index contributed by atoms with van der Waals surface area (Å²) in [5.41, 5.74) is 1.90. The first-order valence-corrected chi connectivity index (χ1v) is 7.73. The molecule has 2 rings (SSSR count). The van der Waals surface area contributed by atoms with Crippen molar-refractivity contribution in [2.24, 2.45) is 5.92 Å². The van der Waals surface area contributed by atoms with E-state index in [0.717, 1.165) is 11.3 Å². The lowest BCUT2D eigenvalue weighted by molar-refractivity contribution is -0.141. The average molecular weight is 330 g/mol. The van der Waals surface area contributed by atoms with E-state index in [0.29, 0.717) is 13.1 Å². The number of hydrogen-bond acceptors (Lipinski definition) is 3. The molecule has 1 heterocycles. The Morgan fingerprint density at radius 1 is 1.29 bits per heavy atom. The minimum absolute atomic E-state index is 0.156. The number of benzene rings is 1. The average Bonchev–Trinajstić information content (AvgIpc) is 3.00. The lowest BCUT2D eigenvalue weighted by Gasteiger charge is -2.19. The fourth-order valence-corrected chi connectivity index (χ4v) is 2.23. The molecule has 0 saturated heterocycles. The summed E-state index contributed by atoms with van der Waals surface area (Å²) in [6.45, 7) is 2.69. The van der Waals surface area contributed by atoms with Crippen LogP contribution in [0.2, 0.25) is 0 Å². The zero-order chi connectivity index (χ0) is 17.5. The Hall–Kier alpha value is -2.83. The van der Waals surface area contributed by atoms with Crippen molar-refractivity contribution in [1.82, 2.24) is 20.0 Å². The SMILES string of the molecule is CC(CN(C)C(=O)NCc1ccn(Cc2ccccc2)n1)C(=O)O. The van der Waals surface area contributed by atoms with Crippen LogP contribution in [0.15, 0.2) is 42.6 Å². The first-order chi connectivity index (χ1) is 11.5. The van der Waals surface area contributed by atoms with Crippen molar-refractivity contribution in [2.45, 2.75) is 20.0 Å². The van der Waals surface area contributed by atoms with E-state index >= 15 is 0 Å². The quantitative estimate of drug-likeness (QED) is 0.810. The summed E-state index contributed by atoms with van der Waals surface area (Å²) in [6, 6.07) is 11.5. The van der Waals surface area contributed by atoms with Crippen LogP contribution in [0.5, 0.6) is 0 Å². The zero-order valence-electron chi connectivity index (χ0n) is 13.8. The Morgan fingerprint density at radius 3 is 2.67 bits per heavy atom. The maximum atomic E-state index is 12.0. The summed E-state index contributed by atoms with van der Waals surface area (Å²) < 4.78 is 1.81. The predicted molar refractivity (Wildman–Crippen MR) is 89.4 cm³/mol. The maximum Gasteiger partial charge on any atom is 0.317 e. The molecule has 24 heavy (non-hydrogen) atoms. The number of aromatic nitrogens is 2. The number of carbonyl (C=O) groups is 2. The van der Waals surface area contributed by atoms with Gasteiger partial charge in [0.1, 0.15) is 0 Å². The van der Waals surface area contributed by atoms with Crippen LogP contribution in [-0.2, 0) is 17.9 Å². The minimum atomic E-state index is -0.922. The Bertz CT molecular complexity index is 684. The normalized spacial score (nSPS) is 11.8. The van der Waals surface area contributed by atoms with Crippen LogP contribution in [-0.4, -0.2) is 45.4 Å². The number of carboxylic acid groups (broad SMARTS) is 1. The highest BCUT2D eigenvalue weighted by Crippen LogP contribution is 2.04. The van der Waals surface area contributed by atoms with E-state index in [2.05, 4.69) is 10.4 Å². The third kappa shape index (κ3) is 5.12. The van der Waals surface area contributed by atoms with Gasteiger partial charge >= 0.3 is 12.0 Å². The van der Waals surface area contributed by atoms with Gasteiger partial charge in [0.05, 0.1) is 24.7 Å². The van der Waals surface area contributed by atoms with Gasteiger partial charge in [-0.1, -0.05) is 37.3 Å². The highest BCUT2D eigenvalue weighted by atomic mass is 16.4. The first kappa shape index (κ1) is 17.5. The Labute approximate surface area is 140 Å². The van der Waals surface area contributed by atoms with Crippen LogP contribution >= 0.6 is 0 Å². The smallest absolute Gasteiger partial charge is 0.317 e. The summed E-state index contributed by atoms with van der Waals surface area (Å²) >= 11 is 0. The van der Waals surface area contributed by atoms with Crippen LogP contribution in [0.25, 0.3) is 0 Å². The Balaban J connectivity index is 1.82. The summed E-state index contributed by atoms with van der Waals surface area (Å²) in [7, 11) is 1.57. The number of amides is 2. The molecule has 0 aliphatic heterocycles. The number of rotatable bonds is 7. The van der Waals surface area contributed by atoms with E-state index in [-0.39, 0.29) is 12.6 Å². The van der Waals surface area contributed by atoms with Crippen LogP contribution in [0.3, 0.4) is 0 Å². The van der Waals surface area contributed by atoms with Gasteiger partial charge in [0.2, 0.25) is 0 Å². The number of hydrogen-bond donors (Lipinski definition) is 2. The molecular formula is C17H22N4O3. The standard InChI is InChI=1S/C17H22N4O3/c1-13(16(22)23)11-20(2)17(24)18-10-15-8-9-21(19-15)12-14-6-4-3-5-7-14/h3-9,13H,10-12H2,1-2H3,(H,18,24)(H,22,23). The molecular weight excluding hydrogens is 308 g/mol. The van der Waals surface area contributed by atoms with Gasteiger partial charge in [-0.25, -0.2) is 4.79 Å². The van der Waals surface area contributed by atoms with E-state index in [1.165, 1.54) is 4.90 Å². The molecule has 0 aliphatic carbocycles. The maximum absolute atomic E-state index is 12.0. The molecule has 0 aliphatic rings. The molecule has 7 heteroatoms. The van der Waals surface area contributed by atoms with Crippen LogP contribution < -0.4 is 5.32 Å². The lowest BCUT2D eigenvalue weighted by atomic mass is 10.2. The van der Waals surface area contributed by atoms with E-state index in [1.54, 1.807) is 14.0 Å². The minimum Gasteiger partial charge on any atom is -0.481 e. The molecule has 2 amide bonds. The number of urea groups is 1.